The Morgan fingerprint density at radius 3 is 2.45 bits per heavy atom. The van der Waals surface area contributed by atoms with Crippen molar-refractivity contribution in [1.82, 2.24) is 0 Å². The van der Waals surface area contributed by atoms with E-state index in [1.165, 1.54) is 18.2 Å². The molecule has 0 amide bonds. The highest BCUT2D eigenvalue weighted by Gasteiger charge is 2.09. The van der Waals surface area contributed by atoms with Crippen molar-refractivity contribution in [2.24, 2.45) is 0 Å². The third kappa shape index (κ3) is 1.46. The zero-order chi connectivity index (χ0) is 8.43. The molecule has 4 heteroatoms. The summed E-state index contributed by atoms with van der Waals surface area (Å²) in [4.78, 5) is 10.6. The van der Waals surface area contributed by atoms with E-state index in [1.54, 1.807) is 0 Å². The number of carbonyl (C=O) groups is 1. The van der Waals surface area contributed by atoms with E-state index < -0.39 is 10.9 Å². The lowest BCUT2D eigenvalue weighted by Crippen LogP contribution is -1.88. The SMILES string of the molecule is O=C(S)c1cccc(O)c1O. The van der Waals surface area contributed by atoms with Crippen molar-refractivity contribution in [2.45, 2.75) is 0 Å². The summed E-state index contributed by atoms with van der Waals surface area (Å²) < 4.78 is 0. The van der Waals surface area contributed by atoms with Gasteiger partial charge in [-0.05, 0) is 12.1 Å². The molecule has 0 aliphatic heterocycles. The lowest BCUT2D eigenvalue weighted by Gasteiger charge is -1.99. The molecule has 0 aliphatic rings. The van der Waals surface area contributed by atoms with Crippen LogP contribution in [0.2, 0.25) is 0 Å². The molecule has 0 atom stereocenters. The van der Waals surface area contributed by atoms with Gasteiger partial charge in [0.1, 0.15) is 0 Å². The largest absolute Gasteiger partial charge is 0.504 e. The van der Waals surface area contributed by atoms with E-state index in [-0.39, 0.29) is 11.3 Å². The van der Waals surface area contributed by atoms with Gasteiger partial charge in [0.15, 0.2) is 11.5 Å². The van der Waals surface area contributed by atoms with Crippen LogP contribution in [0.5, 0.6) is 11.5 Å². The second-order valence-electron chi connectivity index (χ2n) is 1.98. The van der Waals surface area contributed by atoms with Crippen LogP contribution in [-0.4, -0.2) is 15.3 Å². The monoisotopic (exact) mass is 170 g/mol. The maximum absolute atomic E-state index is 10.6. The number of benzene rings is 1. The molecular weight excluding hydrogens is 164 g/mol. The van der Waals surface area contributed by atoms with Crippen molar-refractivity contribution in [2.75, 3.05) is 0 Å². The molecule has 0 saturated heterocycles. The van der Waals surface area contributed by atoms with Crippen LogP contribution >= 0.6 is 12.6 Å². The van der Waals surface area contributed by atoms with Crippen LogP contribution in [0.25, 0.3) is 0 Å². The first kappa shape index (κ1) is 7.94. The molecule has 0 fully saturated rings. The maximum atomic E-state index is 10.6. The van der Waals surface area contributed by atoms with Crippen molar-refractivity contribution in [3.8, 4) is 11.5 Å². The first-order chi connectivity index (χ1) is 5.13. The Balaban J connectivity index is 3.27. The highest BCUT2D eigenvalue weighted by atomic mass is 32.1. The fraction of sp³-hybridized carbons (Fsp3) is 0. The summed E-state index contributed by atoms with van der Waals surface area (Å²) >= 11 is 3.49. The molecule has 2 N–H and O–H groups in total. The second kappa shape index (κ2) is 2.84. The smallest absolute Gasteiger partial charge is 0.220 e. The average Bonchev–Trinajstić information content (AvgIpc) is 1.94. The van der Waals surface area contributed by atoms with Gasteiger partial charge in [0.2, 0.25) is 5.12 Å². The van der Waals surface area contributed by atoms with Crippen LogP contribution in [0.1, 0.15) is 10.4 Å². The number of rotatable bonds is 1. The Bertz CT molecular complexity index is 296. The van der Waals surface area contributed by atoms with Crippen molar-refractivity contribution in [3.05, 3.63) is 23.8 Å². The molecule has 1 aromatic rings. The summed E-state index contributed by atoms with van der Waals surface area (Å²) in [5.74, 6) is -0.739. The summed E-state index contributed by atoms with van der Waals surface area (Å²) in [6.45, 7) is 0. The van der Waals surface area contributed by atoms with Gasteiger partial charge < -0.3 is 10.2 Å². The number of aromatic hydroxyl groups is 2. The molecule has 0 aliphatic carbocycles. The van der Waals surface area contributed by atoms with Crippen LogP contribution in [0.3, 0.4) is 0 Å². The van der Waals surface area contributed by atoms with Crippen molar-refractivity contribution in [1.29, 1.82) is 0 Å². The minimum Gasteiger partial charge on any atom is -0.504 e. The predicted octanol–water partition coefficient (Wildman–Crippen LogP) is 1.17. The molecule has 58 valence electrons. The van der Waals surface area contributed by atoms with E-state index in [9.17, 15) is 4.79 Å². The van der Waals surface area contributed by atoms with Crippen molar-refractivity contribution < 1.29 is 15.0 Å². The van der Waals surface area contributed by atoms with Crippen LogP contribution in [0.4, 0.5) is 0 Å². The van der Waals surface area contributed by atoms with Crippen molar-refractivity contribution >= 4 is 17.7 Å². The molecule has 0 aromatic heterocycles. The van der Waals surface area contributed by atoms with E-state index in [2.05, 4.69) is 12.6 Å². The van der Waals surface area contributed by atoms with Gasteiger partial charge in [-0.1, -0.05) is 6.07 Å². The highest BCUT2D eigenvalue weighted by Crippen LogP contribution is 2.28. The number of phenolic OH excluding ortho intramolecular Hbond substituents is 2. The fourth-order valence-electron chi connectivity index (χ4n) is 0.704. The number of hydrogen-bond acceptors (Lipinski definition) is 3. The Hall–Kier alpha value is -1.16. The standard InChI is InChI=1S/C7H6O3S/c8-5-3-1-2-4(6(5)9)7(10)11/h1-3,8-9H,(H,10,11). The van der Waals surface area contributed by atoms with Gasteiger partial charge in [0.05, 0.1) is 5.56 Å². The van der Waals surface area contributed by atoms with Crippen LogP contribution in [-0.2, 0) is 0 Å². The molecule has 3 nitrogen and oxygen atoms in total. The molecular formula is C7H6O3S. The van der Waals surface area contributed by atoms with Crippen molar-refractivity contribution in [3.63, 3.8) is 0 Å². The van der Waals surface area contributed by atoms with Gasteiger partial charge in [0, 0.05) is 0 Å². The number of carbonyl (C=O) groups excluding carboxylic acids is 1. The highest BCUT2D eigenvalue weighted by molar-refractivity contribution is 7.97. The minimum absolute atomic E-state index is 0.00772. The Kier molecular flexibility index (Phi) is 2.05. The third-order valence-electron chi connectivity index (χ3n) is 1.25. The lowest BCUT2D eigenvalue weighted by molar-refractivity contribution is 0.108. The lowest BCUT2D eigenvalue weighted by atomic mass is 10.2. The van der Waals surface area contributed by atoms with E-state index >= 15 is 0 Å². The van der Waals surface area contributed by atoms with E-state index in [1.807, 2.05) is 0 Å². The quantitative estimate of drug-likeness (QED) is 0.438. The van der Waals surface area contributed by atoms with Gasteiger partial charge in [-0.3, -0.25) is 4.79 Å². The normalized spacial score (nSPS) is 9.55. The van der Waals surface area contributed by atoms with Gasteiger partial charge in [0.25, 0.3) is 0 Å². The van der Waals surface area contributed by atoms with Gasteiger partial charge in [-0.15, -0.1) is 12.6 Å². The first-order valence-electron chi connectivity index (χ1n) is 2.87. The fourth-order valence-corrected chi connectivity index (χ4v) is 0.884. The predicted molar refractivity (Wildman–Crippen MR) is 43.1 cm³/mol. The molecule has 1 rings (SSSR count). The Labute approximate surface area is 68.7 Å². The zero-order valence-electron chi connectivity index (χ0n) is 5.48. The molecule has 0 unspecified atom stereocenters. The topological polar surface area (TPSA) is 57.5 Å². The zero-order valence-corrected chi connectivity index (χ0v) is 6.38. The van der Waals surface area contributed by atoms with Gasteiger partial charge in [-0.25, -0.2) is 0 Å². The summed E-state index contributed by atoms with van der Waals surface area (Å²) in [6.07, 6.45) is 0. The number of para-hydroxylation sites is 1. The molecule has 0 heterocycles. The molecule has 0 radical (unpaired) electrons. The van der Waals surface area contributed by atoms with Crippen LogP contribution < -0.4 is 0 Å². The van der Waals surface area contributed by atoms with Crippen LogP contribution in [0.15, 0.2) is 18.2 Å². The Morgan fingerprint density at radius 1 is 1.36 bits per heavy atom. The maximum Gasteiger partial charge on any atom is 0.220 e. The van der Waals surface area contributed by atoms with Gasteiger partial charge >= 0.3 is 0 Å². The minimum atomic E-state index is -0.571. The third-order valence-corrected chi connectivity index (χ3v) is 1.49. The average molecular weight is 170 g/mol. The van der Waals surface area contributed by atoms with Gasteiger partial charge in [-0.2, -0.15) is 0 Å². The van der Waals surface area contributed by atoms with E-state index in [0.717, 1.165) is 0 Å². The molecule has 0 spiro atoms. The number of hydrogen-bond donors (Lipinski definition) is 3. The number of phenols is 2. The molecule has 1 aromatic carbocycles. The molecule has 0 saturated carbocycles. The first-order valence-corrected chi connectivity index (χ1v) is 3.32. The van der Waals surface area contributed by atoms with E-state index in [0.29, 0.717) is 0 Å². The summed E-state index contributed by atoms with van der Waals surface area (Å²) in [6, 6.07) is 4.12. The summed E-state index contributed by atoms with van der Waals surface area (Å²) in [5.41, 5.74) is 0.00772. The van der Waals surface area contributed by atoms with Crippen LogP contribution in [0, 0.1) is 0 Å². The Morgan fingerprint density at radius 2 is 2.00 bits per heavy atom. The summed E-state index contributed by atoms with van der Waals surface area (Å²) in [5, 5.41) is 17.4. The molecule has 11 heavy (non-hydrogen) atoms. The van der Waals surface area contributed by atoms with E-state index in [4.69, 9.17) is 10.2 Å². The summed E-state index contributed by atoms with van der Waals surface area (Å²) in [7, 11) is 0. The molecule has 0 bridgehead atoms. The second-order valence-corrected chi connectivity index (χ2v) is 2.38. The number of thiol groups is 1.